The highest BCUT2D eigenvalue weighted by molar-refractivity contribution is 7.95. The van der Waals surface area contributed by atoms with Gasteiger partial charge in [-0.2, -0.15) is 0 Å². The largest absolute Gasteiger partial charge is 0.766 e. The topological polar surface area (TPSA) is 64.5 Å². The van der Waals surface area contributed by atoms with Gasteiger partial charge in [-0.3, -0.25) is 9.20 Å². The molecule has 1 unspecified atom stereocenters. The summed E-state index contributed by atoms with van der Waals surface area (Å²) >= 11 is -2.21. The maximum absolute atomic E-state index is 9.97. The van der Waals surface area contributed by atoms with Crippen molar-refractivity contribution in [1.82, 2.24) is 5.32 Å². The van der Waals surface area contributed by atoms with E-state index < -0.39 is 11.1 Å². The summed E-state index contributed by atoms with van der Waals surface area (Å²) in [5, 5.41) is 2.37. The van der Waals surface area contributed by atoms with E-state index in [4.69, 9.17) is 0 Å². The van der Waals surface area contributed by atoms with Crippen molar-refractivity contribution < 1.29 is 8.76 Å². The minimum Gasteiger partial charge on any atom is -0.766 e. The number of hydrogen-bond acceptors (Lipinski definition) is 3. The second-order valence-corrected chi connectivity index (χ2v) is 1.87. The zero-order valence-electron chi connectivity index (χ0n) is 4.67. The van der Waals surface area contributed by atoms with Crippen LogP contribution in [0.2, 0.25) is 0 Å². The lowest BCUT2D eigenvalue weighted by atomic mass is 11.1. The second-order valence-electron chi connectivity index (χ2n) is 1.01. The highest BCUT2D eigenvalue weighted by Gasteiger charge is 1.88. The summed E-state index contributed by atoms with van der Waals surface area (Å²) in [4.78, 5) is 3.40. The van der Waals surface area contributed by atoms with Gasteiger partial charge in [0, 0.05) is 25.2 Å². The van der Waals surface area contributed by atoms with Gasteiger partial charge in [-0.1, -0.05) is 0 Å². The molecule has 0 bridgehead atoms. The van der Waals surface area contributed by atoms with E-state index in [2.05, 4.69) is 10.3 Å². The molecule has 4 nitrogen and oxygen atoms in total. The van der Waals surface area contributed by atoms with Crippen molar-refractivity contribution in [2.24, 2.45) is 4.99 Å². The molecule has 0 aromatic carbocycles. The number of rotatable bonds is 0. The molecule has 5 heteroatoms. The molecule has 0 amide bonds. The molecule has 0 aromatic heterocycles. The van der Waals surface area contributed by atoms with Gasteiger partial charge in [0.05, 0.1) is 0 Å². The Hall–Kier alpha value is -0.420. The van der Waals surface area contributed by atoms with E-state index in [9.17, 15) is 8.76 Å². The first-order chi connectivity index (χ1) is 3.72. The normalized spacial score (nSPS) is 15.6. The minimum atomic E-state index is -2.21. The van der Waals surface area contributed by atoms with Crippen molar-refractivity contribution in [3.05, 3.63) is 0 Å². The molecule has 0 saturated carbocycles. The van der Waals surface area contributed by atoms with Crippen molar-refractivity contribution in [2.45, 2.75) is 0 Å². The molecular weight excluding hydrogens is 128 g/mol. The molecule has 0 aromatic rings. The molecule has 1 atom stereocenters. The standard InChI is InChI=1S/C3H8N2O2S/c1-4-3(5-2)8(6)7/h1-2H3,(H,4,5)(H,6,7)/p-1. The van der Waals surface area contributed by atoms with Crippen LogP contribution in [0.15, 0.2) is 4.99 Å². The molecule has 0 heterocycles. The molecular formula is C3H7N2O2S-. The van der Waals surface area contributed by atoms with Crippen molar-refractivity contribution >= 4 is 16.2 Å². The van der Waals surface area contributed by atoms with E-state index in [1.165, 1.54) is 14.1 Å². The number of amidine groups is 1. The van der Waals surface area contributed by atoms with Gasteiger partial charge in [-0.05, 0) is 0 Å². The average molecular weight is 135 g/mol. The number of nitrogens with zero attached hydrogens (tertiary/aromatic N) is 1. The van der Waals surface area contributed by atoms with Crippen LogP contribution in [0.1, 0.15) is 0 Å². The van der Waals surface area contributed by atoms with Gasteiger partial charge < -0.3 is 9.87 Å². The van der Waals surface area contributed by atoms with Crippen LogP contribution in [0.3, 0.4) is 0 Å². The van der Waals surface area contributed by atoms with Crippen LogP contribution in [0.25, 0.3) is 0 Å². The predicted octanol–water partition coefficient (Wildman–Crippen LogP) is -0.929. The van der Waals surface area contributed by atoms with Gasteiger partial charge >= 0.3 is 0 Å². The smallest absolute Gasteiger partial charge is 0.173 e. The Kier molecular flexibility index (Phi) is 3.38. The molecule has 0 saturated heterocycles. The van der Waals surface area contributed by atoms with E-state index in [-0.39, 0.29) is 5.17 Å². The summed E-state index contributed by atoms with van der Waals surface area (Å²) in [5.74, 6) is 0. The number of hydrogen-bond donors (Lipinski definition) is 1. The summed E-state index contributed by atoms with van der Waals surface area (Å²) in [5.41, 5.74) is 0. The van der Waals surface area contributed by atoms with Gasteiger partial charge in [0.1, 0.15) is 0 Å². The Labute approximate surface area is 50.3 Å². The first-order valence-electron chi connectivity index (χ1n) is 1.96. The van der Waals surface area contributed by atoms with Crippen LogP contribution < -0.4 is 5.32 Å². The highest BCUT2D eigenvalue weighted by atomic mass is 32.2. The number of nitrogens with one attached hydrogen (secondary N) is 1. The fourth-order valence-electron chi connectivity index (χ4n) is 0.270. The van der Waals surface area contributed by atoms with E-state index in [1.807, 2.05) is 0 Å². The third-order valence-corrected chi connectivity index (χ3v) is 1.28. The van der Waals surface area contributed by atoms with Crippen LogP contribution in [-0.2, 0) is 11.1 Å². The maximum Gasteiger partial charge on any atom is 0.173 e. The van der Waals surface area contributed by atoms with E-state index >= 15 is 0 Å². The lowest BCUT2D eigenvalue weighted by Crippen LogP contribution is -2.22. The quantitative estimate of drug-likeness (QED) is 0.265. The van der Waals surface area contributed by atoms with Gasteiger partial charge in [0.25, 0.3) is 0 Å². The lowest BCUT2D eigenvalue weighted by Gasteiger charge is -2.05. The van der Waals surface area contributed by atoms with E-state index in [0.29, 0.717) is 0 Å². The Balaban J connectivity index is 3.92. The molecule has 0 aliphatic heterocycles. The maximum atomic E-state index is 9.97. The molecule has 0 aliphatic carbocycles. The third-order valence-electron chi connectivity index (χ3n) is 0.575. The van der Waals surface area contributed by atoms with Gasteiger partial charge in [-0.15, -0.1) is 0 Å². The molecule has 0 spiro atoms. The molecule has 0 radical (unpaired) electrons. The van der Waals surface area contributed by atoms with Gasteiger partial charge in [0.15, 0.2) is 5.17 Å². The summed E-state index contributed by atoms with van der Waals surface area (Å²) in [6.07, 6.45) is 0. The Morgan fingerprint density at radius 3 is 2.38 bits per heavy atom. The summed E-state index contributed by atoms with van der Waals surface area (Å²) in [7, 11) is 2.90. The Morgan fingerprint density at radius 1 is 1.88 bits per heavy atom. The highest BCUT2D eigenvalue weighted by Crippen LogP contribution is 1.73. The first kappa shape index (κ1) is 7.58. The zero-order valence-corrected chi connectivity index (χ0v) is 5.49. The minimum absolute atomic E-state index is 0.0231. The molecule has 1 N–H and O–H groups in total. The van der Waals surface area contributed by atoms with Crippen molar-refractivity contribution in [3.63, 3.8) is 0 Å². The first-order valence-corrected chi connectivity index (χ1v) is 3.03. The van der Waals surface area contributed by atoms with Crippen LogP contribution >= 0.6 is 0 Å². The molecule has 0 aliphatic rings. The van der Waals surface area contributed by atoms with Crippen LogP contribution in [0.5, 0.6) is 0 Å². The number of aliphatic imine (C=N–C) groups is 1. The molecule has 8 heavy (non-hydrogen) atoms. The van der Waals surface area contributed by atoms with Gasteiger partial charge in [0.2, 0.25) is 0 Å². The summed E-state index contributed by atoms with van der Waals surface area (Å²) in [6, 6.07) is 0. The average Bonchev–Trinajstić information content (AvgIpc) is 1.69. The molecule has 0 fully saturated rings. The summed E-state index contributed by atoms with van der Waals surface area (Å²) in [6.45, 7) is 0. The Morgan fingerprint density at radius 2 is 2.38 bits per heavy atom. The van der Waals surface area contributed by atoms with Crippen molar-refractivity contribution in [1.29, 1.82) is 0 Å². The van der Waals surface area contributed by atoms with Crippen LogP contribution in [0.4, 0.5) is 0 Å². The monoisotopic (exact) mass is 135 g/mol. The lowest BCUT2D eigenvalue weighted by molar-refractivity contribution is 0.548. The van der Waals surface area contributed by atoms with Crippen LogP contribution in [0, 0.1) is 0 Å². The van der Waals surface area contributed by atoms with E-state index in [0.717, 1.165) is 0 Å². The second kappa shape index (κ2) is 3.57. The molecule has 48 valence electrons. The molecule has 0 rings (SSSR count). The van der Waals surface area contributed by atoms with E-state index in [1.54, 1.807) is 0 Å². The predicted molar refractivity (Wildman–Crippen MR) is 31.3 cm³/mol. The SMILES string of the molecule is CN=C(NC)S(=O)[O-]. The van der Waals surface area contributed by atoms with Gasteiger partial charge in [-0.25, -0.2) is 0 Å². The van der Waals surface area contributed by atoms with Crippen molar-refractivity contribution in [2.75, 3.05) is 14.1 Å². The fraction of sp³-hybridized carbons (Fsp3) is 0.667. The third kappa shape index (κ3) is 2.04. The fourth-order valence-corrected chi connectivity index (χ4v) is 0.585. The summed E-state index contributed by atoms with van der Waals surface area (Å²) < 4.78 is 19.9. The van der Waals surface area contributed by atoms with Crippen LogP contribution in [-0.4, -0.2) is 28.0 Å². The zero-order chi connectivity index (χ0) is 6.57. The van der Waals surface area contributed by atoms with Crippen molar-refractivity contribution in [3.8, 4) is 0 Å². The Bertz CT molecular complexity index is 122.